The molecular weight excluding hydrogens is 362 g/mol. The van der Waals surface area contributed by atoms with E-state index in [9.17, 15) is 9.59 Å². The van der Waals surface area contributed by atoms with Gasteiger partial charge in [0, 0.05) is 17.3 Å². The van der Waals surface area contributed by atoms with Crippen LogP contribution in [-0.2, 0) is 16.6 Å². The Hall–Kier alpha value is -2.93. The molecule has 2 amide bonds. The van der Waals surface area contributed by atoms with E-state index in [0.717, 1.165) is 12.8 Å². The number of carbonyl (C=O) groups excluding carboxylic acids is 2. The molecule has 7 heteroatoms. The maximum absolute atomic E-state index is 12.3. The van der Waals surface area contributed by atoms with E-state index < -0.39 is 0 Å². The number of thiazole rings is 1. The van der Waals surface area contributed by atoms with E-state index in [-0.39, 0.29) is 29.4 Å². The molecule has 1 saturated carbocycles. The van der Waals surface area contributed by atoms with E-state index in [4.69, 9.17) is 4.42 Å². The van der Waals surface area contributed by atoms with Crippen LogP contribution in [0.1, 0.15) is 34.7 Å². The Kier molecular flexibility index (Phi) is 4.77. The van der Waals surface area contributed by atoms with Crippen molar-refractivity contribution in [1.82, 2.24) is 10.3 Å². The molecule has 2 heterocycles. The molecule has 2 aromatic heterocycles. The molecule has 6 nitrogen and oxygen atoms in total. The monoisotopic (exact) mass is 381 g/mol. The Morgan fingerprint density at radius 2 is 1.96 bits per heavy atom. The second-order valence-electron chi connectivity index (χ2n) is 6.68. The first-order valence-corrected chi connectivity index (χ1v) is 9.64. The van der Waals surface area contributed by atoms with Gasteiger partial charge in [0.1, 0.15) is 0 Å². The lowest BCUT2D eigenvalue weighted by Gasteiger charge is -2.16. The quantitative estimate of drug-likeness (QED) is 0.657. The number of nitrogens with zero attached hydrogens (tertiary/aromatic N) is 1. The van der Waals surface area contributed by atoms with Gasteiger partial charge < -0.3 is 9.73 Å². The number of benzene rings is 1. The number of nitrogens with one attached hydrogen (secondary N) is 2. The maximum Gasteiger partial charge on any atom is 0.293 e. The molecule has 2 N–H and O–H groups in total. The first-order valence-electron chi connectivity index (χ1n) is 8.76. The maximum atomic E-state index is 12.3. The minimum atomic E-state index is -0.358. The number of rotatable bonds is 7. The zero-order chi connectivity index (χ0) is 18.7. The molecule has 1 aromatic carbocycles. The second-order valence-corrected chi connectivity index (χ2v) is 7.53. The predicted octanol–water partition coefficient (Wildman–Crippen LogP) is 3.38. The topological polar surface area (TPSA) is 84.2 Å². The van der Waals surface area contributed by atoms with E-state index in [1.54, 1.807) is 17.5 Å². The summed E-state index contributed by atoms with van der Waals surface area (Å²) in [5, 5.41) is 7.92. The molecule has 1 aliphatic carbocycles. The molecule has 0 bridgehead atoms. The third-order valence-electron chi connectivity index (χ3n) is 4.72. The van der Waals surface area contributed by atoms with Gasteiger partial charge in [0.25, 0.3) is 5.91 Å². The molecule has 138 valence electrons. The summed E-state index contributed by atoms with van der Waals surface area (Å²) in [5.41, 5.74) is 2.00. The van der Waals surface area contributed by atoms with E-state index in [2.05, 4.69) is 27.8 Å². The summed E-state index contributed by atoms with van der Waals surface area (Å²) in [6.45, 7) is 0.641. The minimum absolute atomic E-state index is 0.0635. The van der Waals surface area contributed by atoms with E-state index >= 15 is 0 Å². The fourth-order valence-electron chi connectivity index (χ4n) is 3.02. The molecule has 0 aliphatic heterocycles. The number of amides is 2. The van der Waals surface area contributed by atoms with Crippen LogP contribution in [0.25, 0.3) is 0 Å². The third kappa shape index (κ3) is 4.09. The van der Waals surface area contributed by atoms with Crippen molar-refractivity contribution in [2.45, 2.75) is 24.7 Å². The van der Waals surface area contributed by atoms with Gasteiger partial charge in [-0.05, 0) is 30.5 Å². The van der Waals surface area contributed by atoms with Gasteiger partial charge >= 0.3 is 0 Å². The van der Waals surface area contributed by atoms with Crippen molar-refractivity contribution in [3.8, 4) is 0 Å². The van der Waals surface area contributed by atoms with E-state index in [0.29, 0.717) is 17.4 Å². The van der Waals surface area contributed by atoms with Crippen LogP contribution < -0.4 is 10.6 Å². The summed E-state index contributed by atoms with van der Waals surface area (Å²) in [6, 6.07) is 13.5. The lowest BCUT2D eigenvalue weighted by atomic mass is 9.96. The summed E-state index contributed by atoms with van der Waals surface area (Å²) < 4.78 is 5.05. The van der Waals surface area contributed by atoms with E-state index in [1.807, 2.05) is 18.2 Å². The fourth-order valence-corrected chi connectivity index (χ4v) is 3.72. The molecule has 4 rings (SSSR count). The molecule has 0 atom stereocenters. The van der Waals surface area contributed by atoms with Crippen molar-refractivity contribution in [2.24, 2.45) is 0 Å². The van der Waals surface area contributed by atoms with Crippen molar-refractivity contribution in [3.05, 3.63) is 71.1 Å². The summed E-state index contributed by atoms with van der Waals surface area (Å²) in [5.74, 6) is -0.199. The van der Waals surface area contributed by atoms with Crippen LogP contribution in [-0.4, -0.2) is 23.3 Å². The van der Waals surface area contributed by atoms with Crippen LogP contribution in [0.2, 0.25) is 0 Å². The lowest BCUT2D eigenvalue weighted by Crippen LogP contribution is -2.33. The van der Waals surface area contributed by atoms with Gasteiger partial charge in [-0.15, -0.1) is 11.3 Å². The smallest absolute Gasteiger partial charge is 0.293 e. The zero-order valence-corrected chi connectivity index (χ0v) is 15.4. The van der Waals surface area contributed by atoms with Crippen LogP contribution in [0.4, 0.5) is 5.13 Å². The number of anilines is 1. The molecule has 1 aliphatic rings. The van der Waals surface area contributed by atoms with Gasteiger partial charge in [-0.1, -0.05) is 30.3 Å². The average Bonchev–Trinajstić information content (AvgIpc) is 3.06. The normalized spacial score (nSPS) is 14.5. The Labute approximate surface area is 160 Å². The van der Waals surface area contributed by atoms with Gasteiger partial charge in [-0.2, -0.15) is 0 Å². The zero-order valence-electron chi connectivity index (χ0n) is 14.6. The third-order valence-corrected chi connectivity index (χ3v) is 5.53. The number of furan rings is 1. The molecule has 1 fully saturated rings. The standard InChI is InChI=1S/C20H19N3O3S/c24-17(21-13-20(8-9-20)14-5-2-1-3-6-14)11-15-12-27-19(22-15)23-18(25)16-7-4-10-26-16/h1-7,10,12H,8-9,11,13H2,(H,21,24)(H,22,23,25). The van der Waals surface area contributed by atoms with E-state index in [1.165, 1.54) is 23.2 Å². The Morgan fingerprint density at radius 3 is 2.67 bits per heavy atom. The highest BCUT2D eigenvalue weighted by Crippen LogP contribution is 2.47. The number of aromatic nitrogens is 1. The average molecular weight is 381 g/mol. The van der Waals surface area contributed by atoms with Crippen LogP contribution >= 0.6 is 11.3 Å². The Bertz CT molecular complexity index is 931. The van der Waals surface area contributed by atoms with Gasteiger partial charge in [0.05, 0.1) is 18.4 Å². The van der Waals surface area contributed by atoms with Crippen LogP contribution in [0, 0.1) is 0 Å². The van der Waals surface area contributed by atoms with Gasteiger partial charge in [0.15, 0.2) is 10.9 Å². The van der Waals surface area contributed by atoms with Gasteiger partial charge in [-0.3, -0.25) is 14.9 Å². The summed E-state index contributed by atoms with van der Waals surface area (Å²) in [7, 11) is 0. The molecule has 0 radical (unpaired) electrons. The van der Waals surface area contributed by atoms with Crippen LogP contribution in [0.3, 0.4) is 0 Å². The fraction of sp³-hybridized carbons (Fsp3) is 0.250. The number of hydrogen-bond donors (Lipinski definition) is 2. The largest absolute Gasteiger partial charge is 0.459 e. The van der Waals surface area contributed by atoms with Crippen molar-refractivity contribution in [2.75, 3.05) is 11.9 Å². The van der Waals surface area contributed by atoms with Gasteiger partial charge in [-0.25, -0.2) is 4.98 Å². The van der Waals surface area contributed by atoms with Crippen molar-refractivity contribution < 1.29 is 14.0 Å². The number of carbonyl (C=O) groups is 2. The van der Waals surface area contributed by atoms with Crippen molar-refractivity contribution in [1.29, 1.82) is 0 Å². The lowest BCUT2D eigenvalue weighted by molar-refractivity contribution is -0.120. The molecule has 0 spiro atoms. The first kappa shape index (κ1) is 17.5. The van der Waals surface area contributed by atoms with Crippen LogP contribution in [0.15, 0.2) is 58.5 Å². The Morgan fingerprint density at radius 1 is 1.15 bits per heavy atom. The van der Waals surface area contributed by atoms with Crippen LogP contribution in [0.5, 0.6) is 0 Å². The molecular formula is C20H19N3O3S. The summed E-state index contributed by atoms with van der Waals surface area (Å²) in [6.07, 6.45) is 3.82. The van der Waals surface area contributed by atoms with Gasteiger partial charge in [0.2, 0.25) is 5.91 Å². The second kappa shape index (κ2) is 7.36. The molecule has 0 saturated heterocycles. The number of hydrogen-bond acceptors (Lipinski definition) is 5. The highest BCUT2D eigenvalue weighted by molar-refractivity contribution is 7.14. The first-order chi connectivity index (χ1) is 13.1. The Balaban J connectivity index is 1.29. The molecule has 3 aromatic rings. The highest BCUT2D eigenvalue weighted by atomic mass is 32.1. The van der Waals surface area contributed by atoms with Crippen molar-refractivity contribution in [3.63, 3.8) is 0 Å². The minimum Gasteiger partial charge on any atom is -0.459 e. The molecule has 0 unspecified atom stereocenters. The summed E-state index contributed by atoms with van der Waals surface area (Å²) >= 11 is 1.29. The van der Waals surface area contributed by atoms with Crippen molar-refractivity contribution >= 4 is 28.3 Å². The SMILES string of the molecule is O=C(Cc1csc(NC(=O)c2ccco2)n1)NCC1(c2ccccc2)CC1. The predicted molar refractivity (Wildman–Crippen MR) is 103 cm³/mol. The summed E-state index contributed by atoms with van der Waals surface area (Å²) in [4.78, 5) is 28.5. The highest BCUT2D eigenvalue weighted by Gasteiger charge is 2.44. The molecule has 27 heavy (non-hydrogen) atoms.